The third-order valence-electron chi connectivity index (χ3n) is 4.18. The topological polar surface area (TPSA) is 32.3 Å². The largest absolute Gasteiger partial charge is 0.384 e. The van der Waals surface area contributed by atoms with Gasteiger partial charge in [0.05, 0.1) is 0 Å². The van der Waals surface area contributed by atoms with E-state index in [0.717, 1.165) is 18.5 Å². The van der Waals surface area contributed by atoms with Crippen LogP contribution in [-0.2, 0) is 5.60 Å². The minimum atomic E-state index is -0.777. The normalized spacial score (nSPS) is 24.3. The van der Waals surface area contributed by atoms with Gasteiger partial charge in [-0.3, -0.25) is 0 Å². The van der Waals surface area contributed by atoms with Crippen LogP contribution in [0.2, 0.25) is 0 Å². The van der Waals surface area contributed by atoms with Crippen LogP contribution in [0.5, 0.6) is 0 Å². The highest BCUT2D eigenvalue weighted by atomic mass is 16.3. The molecule has 0 radical (unpaired) electrons. The number of aliphatic hydroxyl groups is 1. The molecule has 2 nitrogen and oxygen atoms in total. The smallest absolute Gasteiger partial charge is 0.102 e. The van der Waals surface area contributed by atoms with E-state index >= 15 is 0 Å². The number of hydrogen-bond donors (Lipinski definition) is 2. The average molecular weight is 247 g/mol. The van der Waals surface area contributed by atoms with Crippen LogP contribution in [0.15, 0.2) is 18.2 Å². The van der Waals surface area contributed by atoms with Gasteiger partial charge in [0, 0.05) is 6.04 Å². The predicted molar refractivity (Wildman–Crippen MR) is 75.7 cm³/mol. The zero-order valence-corrected chi connectivity index (χ0v) is 11.8. The van der Waals surface area contributed by atoms with Crippen LogP contribution in [0.25, 0.3) is 0 Å². The van der Waals surface area contributed by atoms with E-state index in [0.29, 0.717) is 0 Å². The van der Waals surface area contributed by atoms with Crippen LogP contribution >= 0.6 is 0 Å². The Kier molecular flexibility index (Phi) is 4.08. The van der Waals surface area contributed by atoms with Crippen molar-refractivity contribution in [1.29, 1.82) is 0 Å². The highest BCUT2D eigenvalue weighted by molar-refractivity contribution is 5.35. The van der Waals surface area contributed by atoms with Gasteiger partial charge in [-0.1, -0.05) is 36.6 Å². The van der Waals surface area contributed by atoms with Crippen molar-refractivity contribution in [1.82, 2.24) is 5.32 Å². The summed E-state index contributed by atoms with van der Waals surface area (Å²) in [6, 6.07) is 6.51. The van der Waals surface area contributed by atoms with Crippen LogP contribution in [-0.4, -0.2) is 17.7 Å². The molecule has 1 aromatic carbocycles. The molecule has 100 valence electrons. The number of hydrogen-bond acceptors (Lipinski definition) is 2. The lowest BCUT2D eigenvalue weighted by molar-refractivity contribution is 0.0130. The number of benzene rings is 1. The van der Waals surface area contributed by atoms with Crippen LogP contribution in [0.4, 0.5) is 0 Å². The van der Waals surface area contributed by atoms with E-state index in [9.17, 15) is 5.11 Å². The van der Waals surface area contributed by atoms with Crippen molar-refractivity contribution in [3.63, 3.8) is 0 Å². The molecule has 1 heterocycles. The van der Waals surface area contributed by atoms with E-state index in [1.807, 2.05) is 6.92 Å². The highest BCUT2D eigenvalue weighted by Crippen LogP contribution is 2.31. The van der Waals surface area contributed by atoms with Crippen LogP contribution in [0.1, 0.15) is 49.3 Å². The van der Waals surface area contributed by atoms with Crippen molar-refractivity contribution in [3.8, 4) is 0 Å². The Morgan fingerprint density at radius 3 is 2.78 bits per heavy atom. The van der Waals surface area contributed by atoms with Crippen molar-refractivity contribution in [2.24, 2.45) is 0 Å². The van der Waals surface area contributed by atoms with E-state index in [4.69, 9.17) is 0 Å². The molecule has 1 aromatic rings. The summed E-state index contributed by atoms with van der Waals surface area (Å²) in [5, 5.41) is 14.5. The Labute approximate surface area is 110 Å². The van der Waals surface area contributed by atoms with Crippen molar-refractivity contribution in [2.75, 3.05) is 6.54 Å². The molecule has 2 heteroatoms. The summed E-state index contributed by atoms with van der Waals surface area (Å²) >= 11 is 0. The predicted octanol–water partition coefficient (Wildman–Crippen LogP) is 3.04. The highest BCUT2D eigenvalue weighted by Gasteiger charge is 2.34. The summed E-state index contributed by atoms with van der Waals surface area (Å²) in [5.74, 6) is 0. The minimum Gasteiger partial charge on any atom is -0.384 e. The summed E-state index contributed by atoms with van der Waals surface area (Å²) in [5.41, 5.74) is 2.68. The molecule has 0 saturated carbocycles. The SMILES string of the molecule is Cc1ccc(C)c(C(C)(O)C2CCCCCN2)c1. The van der Waals surface area contributed by atoms with Crippen molar-refractivity contribution in [2.45, 2.75) is 58.1 Å². The first-order valence-electron chi connectivity index (χ1n) is 7.05. The molecule has 1 fully saturated rings. The zero-order chi connectivity index (χ0) is 13.2. The van der Waals surface area contributed by atoms with Gasteiger partial charge in [-0.2, -0.15) is 0 Å². The quantitative estimate of drug-likeness (QED) is 0.842. The lowest BCUT2D eigenvalue weighted by atomic mass is 9.83. The maximum atomic E-state index is 11.0. The van der Waals surface area contributed by atoms with E-state index < -0.39 is 5.60 Å². The van der Waals surface area contributed by atoms with Crippen LogP contribution in [0, 0.1) is 13.8 Å². The second-order valence-corrected chi connectivity index (χ2v) is 5.82. The fraction of sp³-hybridized carbons (Fsp3) is 0.625. The first-order valence-corrected chi connectivity index (χ1v) is 7.05. The molecular weight excluding hydrogens is 222 g/mol. The lowest BCUT2D eigenvalue weighted by Crippen LogP contribution is -2.46. The zero-order valence-electron chi connectivity index (χ0n) is 11.8. The van der Waals surface area contributed by atoms with Gasteiger partial charge in [-0.25, -0.2) is 0 Å². The van der Waals surface area contributed by atoms with Gasteiger partial charge in [-0.05, 0) is 51.3 Å². The second-order valence-electron chi connectivity index (χ2n) is 5.82. The summed E-state index contributed by atoms with van der Waals surface area (Å²) < 4.78 is 0. The Hall–Kier alpha value is -0.860. The Balaban J connectivity index is 2.30. The number of nitrogens with one attached hydrogen (secondary N) is 1. The molecule has 0 aliphatic carbocycles. The van der Waals surface area contributed by atoms with Crippen molar-refractivity contribution < 1.29 is 5.11 Å². The van der Waals surface area contributed by atoms with Gasteiger partial charge in [-0.15, -0.1) is 0 Å². The molecular formula is C16H25NO. The molecule has 18 heavy (non-hydrogen) atoms. The average Bonchev–Trinajstić information content (AvgIpc) is 2.61. The maximum absolute atomic E-state index is 11.0. The van der Waals surface area contributed by atoms with E-state index in [1.165, 1.54) is 30.4 Å². The van der Waals surface area contributed by atoms with E-state index in [2.05, 4.69) is 37.4 Å². The standard InChI is InChI=1S/C16H25NO/c1-12-8-9-13(2)14(11-12)16(3,18)15-7-5-4-6-10-17-15/h8-9,11,15,17-18H,4-7,10H2,1-3H3. The Bertz CT molecular complexity index is 404. The van der Waals surface area contributed by atoms with Crippen LogP contribution < -0.4 is 5.32 Å². The molecule has 1 aliphatic heterocycles. The van der Waals surface area contributed by atoms with Gasteiger partial charge in [0.25, 0.3) is 0 Å². The molecule has 1 saturated heterocycles. The number of rotatable bonds is 2. The molecule has 2 N–H and O–H groups in total. The van der Waals surface area contributed by atoms with Gasteiger partial charge in [0.2, 0.25) is 0 Å². The van der Waals surface area contributed by atoms with E-state index in [1.54, 1.807) is 0 Å². The Morgan fingerprint density at radius 2 is 2.00 bits per heavy atom. The molecule has 2 atom stereocenters. The van der Waals surface area contributed by atoms with Gasteiger partial charge in [0.15, 0.2) is 0 Å². The molecule has 0 amide bonds. The number of aryl methyl sites for hydroxylation is 2. The summed E-state index contributed by atoms with van der Waals surface area (Å²) in [6.07, 6.45) is 4.75. The minimum absolute atomic E-state index is 0.167. The van der Waals surface area contributed by atoms with Gasteiger partial charge in [0.1, 0.15) is 5.60 Å². The van der Waals surface area contributed by atoms with Gasteiger partial charge < -0.3 is 10.4 Å². The van der Waals surface area contributed by atoms with Crippen LogP contribution in [0.3, 0.4) is 0 Å². The van der Waals surface area contributed by atoms with Gasteiger partial charge >= 0.3 is 0 Å². The third-order valence-corrected chi connectivity index (χ3v) is 4.18. The molecule has 0 aromatic heterocycles. The molecule has 2 rings (SSSR count). The van der Waals surface area contributed by atoms with E-state index in [-0.39, 0.29) is 6.04 Å². The summed E-state index contributed by atoms with van der Waals surface area (Å²) in [6.45, 7) is 7.14. The molecule has 0 bridgehead atoms. The molecule has 2 unspecified atom stereocenters. The second kappa shape index (κ2) is 5.41. The maximum Gasteiger partial charge on any atom is 0.102 e. The first kappa shape index (κ1) is 13.6. The fourth-order valence-electron chi connectivity index (χ4n) is 2.98. The summed E-state index contributed by atoms with van der Waals surface area (Å²) in [4.78, 5) is 0. The Morgan fingerprint density at radius 1 is 1.22 bits per heavy atom. The first-order chi connectivity index (χ1) is 8.51. The summed E-state index contributed by atoms with van der Waals surface area (Å²) in [7, 11) is 0. The third kappa shape index (κ3) is 2.76. The fourth-order valence-corrected chi connectivity index (χ4v) is 2.98. The lowest BCUT2D eigenvalue weighted by Gasteiger charge is -2.34. The molecule has 0 spiro atoms. The van der Waals surface area contributed by atoms with Crippen molar-refractivity contribution >= 4 is 0 Å². The monoisotopic (exact) mass is 247 g/mol. The molecule has 1 aliphatic rings. The van der Waals surface area contributed by atoms with Crippen molar-refractivity contribution in [3.05, 3.63) is 34.9 Å².